The minimum absolute atomic E-state index is 0.109. The van der Waals surface area contributed by atoms with E-state index in [4.69, 9.17) is 0 Å². The van der Waals surface area contributed by atoms with Crippen LogP contribution in [-0.2, 0) is 4.79 Å². The summed E-state index contributed by atoms with van der Waals surface area (Å²) >= 11 is 1.93. The van der Waals surface area contributed by atoms with Gasteiger partial charge in [0.1, 0.15) is 12.0 Å². The summed E-state index contributed by atoms with van der Waals surface area (Å²) in [5.41, 5.74) is 0.574. The van der Waals surface area contributed by atoms with E-state index in [1.54, 1.807) is 12.1 Å². The highest BCUT2D eigenvalue weighted by Crippen LogP contribution is 2.33. The molecule has 0 radical (unpaired) electrons. The molecule has 2 heterocycles. The van der Waals surface area contributed by atoms with E-state index >= 15 is 0 Å². The molecule has 0 saturated carbocycles. The maximum atomic E-state index is 14.1. The molecule has 3 rings (SSSR count). The Kier molecular flexibility index (Phi) is 4.50. The van der Waals surface area contributed by atoms with Crippen molar-refractivity contribution in [2.75, 3.05) is 12.3 Å². The van der Waals surface area contributed by atoms with E-state index in [-0.39, 0.29) is 23.9 Å². The fourth-order valence-electron chi connectivity index (χ4n) is 3.13. The SMILES string of the molecule is CCC1NC(c2ccccc2F)N(CC2CCCS2)C1=O. The molecule has 3 nitrogen and oxygen atoms in total. The zero-order valence-electron chi connectivity index (χ0n) is 12.2. The number of thioether (sulfide) groups is 1. The molecule has 1 aromatic rings. The van der Waals surface area contributed by atoms with Crippen LogP contribution in [0.4, 0.5) is 4.39 Å². The van der Waals surface area contributed by atoms with Crippen LogP contribution in [0.15, 0.2) is 24.3 Å². The van der Waals surface area contributed by atoms with E-state index in [0.29, 0.717) is 17.4 Å². The Hall–Kier alpha value is -1.07. The van der Waals surface area contributed by atoms with Crippen LogP contribution in [0.3, 0.4) is 0 Å². The monoisotopic (exact) mass is 308 g/mol. The first-order valence-corrected chi connectivity index (χ1v) is 8.68. The van der Waals surface area contributed by atoms with Gasteiger partial charge in [-0.2, -0.15) is 11.8 Å². The number of rotatable bonds is 4. The lowest BCUT2D eigenvalue weighted by Gasteiger charge is -2.27. The molecule has 3 atom stereocenters. The van der Waals surface area contributed by atoms with Gasteiger partial charge in [-0.15, -0.1) is 0 Å². The summed E-state index contributed by atoms with van der Waals surface area (Å²) in [5, 5.41) is 3.79. The lowest BCUT2D eigenvalue weighted by Crippen LogP contribution is -2.36. The van der Waals surface area contributed by atoms with Gasteiger partial charge >= 0.3 is 0 Å². The number of hydrogen-bond donors (Lipinski definition) is 1. The molecule has 2 aliphatic heterocycles. The van der Waals surface area contributed by atoms with Gasteiger partial charge in [0.25, 0.3) is 0 Å². The normalized spacial score (nSPS) is 29.3. The first-order valence-electron chi connectivity index (χ1n) is 7.63. The van der Waals surface area contributed by atoms with Crippen LogP contribution in [-0.4, -0.2) is 34.4 Å². The molecule has 1 aromatic carbocycles. The van der Waals surface area contributed by atoms with E-state index in [1.165, 1.54) is 18.2 Å². The Bertz CT molecular complexity index is 519. The number of nitrogens with zero attached hydrogens (tertiary/aromatic N) is 1. The second-order valence-corrected chi connectivity index (χ2v) is 7.09. The lowest BCUT2D eigenvalue weighted by atomic mass is 10.1. The predicted molar refractivity (Wildman–Crippen MR) is 83.5 cm³/mol. The Morgan fingerprint density at radius 2 is 2.24 bits per heavy atom. The standard InChI is InChI=1S/C16H21FN2OS/c1-2-14-16(20)19(10-11-6-5-9-21-11)15(18-14)12-7-3-4-8-13(12)17/h3-4,7-8,11,14-15,18H,2,5-6,9-10H2,1H3. The van der Waals surface area contributed by atoms with E-state index in [9.17, 15) is 9.18 Å². The second kappa shape index (κ2) is 6.36. The van der Waals surface area contributed by atoms with E-state index < -0.39 is 0 Å². The summed E-state index contributed by atoms with van der Waals surface area (Å²) in [5.74, 6) is 1.03. The van der Waals surface area contributed by atoms with Crippen molar-refractivity contribution in [3.05, 3.63) is 35.6 Å². The van der Waals surface area contributed by atoms with Crippen LogP contribution < -0.4 is 5.32 Å². The molecular weight excluding hydrogens is 287 g/mol. The van der Waals surface area contributed by atoms with Crippen LogP contribution in [0.25, 0.3) is 0 Å². The van der Waals surface area contributed by atoms with Crippen LogP contribution >= 0.6 is 11.8 Å². The molecule has 0 aliphatic carbocycles. The van der Waals surface area contributed by atoms with Gasteiger partial charge in [-0.25, -0.2) is 4.39 Å². The van der Waals surface area contributed by atoms with Gasteiger partial charge in [0.15, 0.2) is 0 Å². The number of amides is 1. The highest BCUT2D eigenvalue weighted by molar-refractivity contribution is 8.00. The van der Waals surface area contributed by atoms with Crippen molar-refractivity contribution in [1.29, 1.82) is 0 Å². The first kappa shape index (κ1) is 14.9. The summed E-state index contributed by atoms with van der Waals surface area (Å²) in [7, 11) is 0. The number of hydrogen-bond acceptors (Lipinski definition) is 3. The fourth-order valence-corrected chi connectivity index (χ4v) is 4.40. The number of benzene rings is 1. The Morgan fingerprint density at radius 1 is 1.43 bits per heavy atom. The third-order valence-electron chi connectivity index (χ3n) is 4.28. The highest BCUT2D eigenvalue weighted by atomic mass is 32.2. The maximum Gasteiger partial charge on any atom is 0.241 e. The molecule has 1 N–H and O–H groups in total. The Morgan fingerprint density at radius 3 is 2.90 bits per heavy atom. The van der Waals surface area contributed by atoms with Crippen molar-refractivity contribution < 1.29 is 9.18 Å². The molecule has 0 spiro atoms. The van der Waals surface area contributed by atoms with Crippen molar-refractivity contribution in [2.45, 2.75) is 43.6 Å². The summed E-state index contributed by atoms with van der Waals surface area (Å²) < 4.78 is 14.1. The van der Waals surface area contributed by atoms with E-state index in [0.717, 1.165) is 12.8 Å². The molecule has 3 unspecified atom stereocenters. The summed E-state index contributed by atoms with van der Waals surface area (Å²) in [6.07, 6.45) is 2.77. The maximum absolute atomic E-state index is 14.1. The fraction of sp³-hybridized carbons (Fsp3) is 0.562. The molecule has 2 fully saturated rings. The molecule has 5 heteroatoms. The van der Waals surface area contributed by atoms with E-state index in [2.05, 4.69) is 5.32 Å². The minimum Gasteiger partial charge on any atom is -0.320 e. The summed E-state index contributed by atoms with van der Waals surface area (Å²) in [6.45, 7) is 2.70. The summed E-state index contributed by atoms with van der Waals surface area (Å²) in [6, 6.07) is 6.55. The van der Waals surface area contributed by atoms with Crippen LogP contribution in [0.2, 0.25) is 0 Å². The molecule has 2 saturated heterocycles. The first-order chi connectivity index (χ1) is 10.2. The zero-order chi connectivity index (χ0) is 14.8. The average Bonchev–Trinajstić information content (AvgIpc) is 3.10. The smallest absolute Gasteiger partial charge is 0.241 e. The lowest BCUT2D eigenvalue weighted by molar-refractivity contribution is -0.130. The molecule has 1 amide bonds. The molecule has 21 heavy (non-hydrogen) atoms. The predicted octanol–water partition coefficient (Wildman–Crippen LogP) is 2.93. The zero-order valence-corrected chi connectivity index (χ0v) is 13.0. The number of carbonyl (C=O) groups is 1. The van der Waals surface area contributed by atoms with Gasteiger partial charge in [0.05, 0.1) is 6.04 Å². The van der Waals surface area contributed by atoms with Crippen LogP contribution in [0, 0.1) is 5.82 Å². The Labute approximate surface area is 129 Å². The van der Waals surface area contributed by atoms with Gasteiger partial charge in [-0.1, -0.05) is 25.1 Å². The third kappa shape index (κ3) is 2.94. The molecule has 0 aromatic heterocycles. The van der Waals surface area contributed by atoms with Crippen molar-refractivity contribution in [3.63, 3.8) is 0 Å². The Balaban J connectivity index is 1.85. The quantitative estimate of drug-likeness (QED) is 0.928. The molecular formula is C16H21FN2OS. The number of nitrogens with one attached hydrogen (secondary N) is 1. The third-order valence-corrected chi connectivity index (χ3v) is 5.66. The van der Waals surface area contributed by atoms with Crippen LogP contribution in [0.1, 0.15) is 37.9 Å². The second-order valence-electron chi connectivity index (χ2n) is 5.68. The van der Waals surface area contributed by atoms with E-state index in [1.807, 2.05) is 29.7 Å². The van der Waals surface area contributed by atoms with Crippen molar-refractivity contribution in [1.82, 2.24) is 10.2 Å². The highest BCUT2D eigenvalue weighted by Gasteiger charge is 2.40. The van der Waals surface area contributed by atoms with Crippen molar-refractivity contribution >= 4 is 17.7 Å². The van der Waals surface area contributed by atoms with Gasteiger partial charge in [0.2, 0.25) is 5.91 Å². The van der Waals surface area contributed by atoms with Gasteiger partial charge in [0, 0.05) is 17.4 Å². The van der Waals surface area contributed by atoms with Crippen LogP contribution in [0.5, 0.6) is 0 Å². The largest absolute Gasteiger partial charge is 0.320 e. The average molecular weight is 308 g/mol. The van der Waals surface area contributed by atoms with Crippen molar-refractivity contribution in [3.8, 4) is 0 Å². The van der Waals surface area contributed by atoms with Gasteiger partial charge in [-0.3, -0.25) is 10.1 Å². The minimum atomic E-state index is -0.329. The molecule has 114 valence electrons. The topological polar surface area (TPSA) is 32.3 Å². The van der Waals surface area contributed by atoms with Gasteiger partial charge in [-0.05, 0) is 31.1 Å². The molecule has 2 aliphatic rings. The summed E-state index contributed by atoms with van der Waals surface area (Å²) in [4.78, 5) is 14.4. The van der Waals surface area contributed by atoms with Gasteiger partial charge < -0.3 is 4.90 Å². The molecule has 0 bridgehead atoms. The number of halogens is 1. The number of carbonyl (C=O) groups excluding carboxylic acids is 1. The van der Waals surface area contributed by atoms with Crippen molar-refractivity contribution in [2.24, 2.45) is 0 Å².